The largest absolute Gasteiger partial charge is 0.385 e. The van der Waals surface area contributed by atoms with Gasteiger partial charge in [-0.2, -0.15) is 0 Å². The molecular formula is C23H28F3N3O2. The normalized spacial score (nSPS) is 15.0. The Labute approximate surface area is 180 Å². The number of nitrogens with one attached hydrogen (secondary N) is 2. The molecule has 0 bridgehead atoms. The highest BCUT2D eigenvalue weighted by Gasteiger charge is 2.44. The number of unbranched alkanes of at least 4 members (excludes halogenated alkanes) is 2. The van der Waals surface area contributed by atoms with Crippen LogP contribution in [-0.2, 0) is 0 Å². The Hall–Kier alpha value is -2.58. The van der Waals surface area contributed by atoms with E-state index in [4.69, 9.17) is 0 Å². The zero-order valence-corrected chi connectivity index (χ0v) is 17.8. The van der Waals surface area contributed by atoms with E-state index in [1.165, 1.54) is 17.0 Å². The van der Waals surface area contributed by atoms with E-state index >= 15 is 0 Å². The van der Waals surface area contributed by atoms with Gasteiger partial charge in [0.25, 0.3) is 5.91 Å². The molecule has 5 nitrogen and oxygen atoms in total. The molecule has 0 spiro atoms. The molecule has 168 valence electrons. The average Bonchev–Trinajstić information content (AvgIpc) is 2.70. The Kier molecular flexibility index (Phi) is 7.23. The molecule has 0 unspecified atom stereocenters. The monoisotopic (exact) mass is 435 g/mol. The fourth-order valence-electron chi connectivity index (χ4n) is 3.62. The van der Waals surface area contributed by atoms with Crippen molar-refractivity contribution in [1.82, 2.24) is 10.2 Å². The van der Waals surface area contributed by atoms with Crippen LogP contribution in [0.15, 0.2) is 30.3 Å². The van der Waals surface area contributed by atoms with E-state index in [0.717, 1.165) is 37.9 Å². The molecule has 0 aliphatic carbocycles. The van der Waals surface area contributed by atoms with Gasteiger partial charge in [-0.05, 0) is 49.7 Å². The Morgan fingerprint density at radius 2 is 1.87 bits per heavy atom. The number of amides is 1. The summed E-state index contributed by atoms with van der Waals surface area (Å²) in [6, 6.07) is 6.29. The fraction of sp³-hybridized carbons (Fsp3) is 0.435. The molecule has 1 heterocycles. The molecule has 8 heteroatoms. The molecule has 0 atom stereocenters. The standard InChI is InChI=1S/C23H28F3N3O2/c1-3-4-5-10-27-12-23(31)13-29(14-23)22(30)16-7-8-17(24)20(26)21(16)28-19-9-6-15(2)11-18(19)25/h6-9,11,27-28,31H,3-5,10,12-14H2,1-2H3. The number of nitrogens with zero attached hydrogens (tertiary/aromatic N) is 1. The molecule has 2 aromatic carbocycles. The van der Waals surface area contributed by atoms with Crippen molar-refractivity contribution in [3.05, 3.63) is 58.9 Å². The molecule has 1 saturated heterocycles. The maximum Gasteiger partial charge on any atom is 0.256 e. The van der Waals surface area contributed by atoms with Crippen molar-refractivity contribution in [3.63, 3.8) is 0 Å². The molecular weight excluding hydrogens is 407 g/mol. The van der Waals surface area contributed by atoms with Crippen LogP contribution in [0.25, 0.3) is 0 Å². The smallest absolute Gasteiger partial charge is 0.256 e. The summed E-state index contributed by atoms with van der Waals surface area (Å²) in [7, 11) is 0. The van der Waals surface area contributed by atoms with Crippen LogP contribution in [0.5, 0.6) is 0 Å². The van der Waals surface area contributed by atoms with Gasteiger partial charge in [-0.1, -0.05) is 25.8 Å². The predicted octanol–water partition coefficient (Wildman–Crippen LogP) is 4.12. The summed E-state index contributed by atoms with van der Waals surface area (Å²) in [5.74, 6) is -3.62. The van der Waals surface area contributed by atoms with Crippen LogP contribution >= 0.6 is 0 Å². The molecule has 3 N–H and O–H groups in total. The quantitative estimate of drug-likeness (QED) is 0.519. The SMILES string of the molecule is CCCCCNCC1(O)CN(C(=O)c2ccc(F)c(F)c2Nc2ccc(C)cc2F)C1. The molecule has 0 radical (unpaired) electrons. The first kappa shape index (κ1) is 23.1. The lowest BCUT2D eigenvalue weighted by molar-refractivity contribution is -0.0784. The van der Waals surface area contributed by atoms with Gasteiger partial charge in [0.15, 0.2) is 11.6 Å². The minimum atomic E-state index is -1.26. The molecule has 1 aliphatic heterocycles. The Morgan fingerprint density at radius 3 is 2.55 bits per heavy atom. The van der Waals surface area contributed by atoms with E-state index in [2.05, 4.69) is 17.6 Å². The lowest BCUT2D eigenvalue weighted by atomic mass is 9.92. The van der Waals surface area contributed by atoms with Crippen molar-refractivity contribution in [2.75, 3.05) is 31.5 Å². The maximum absolute atomic E-state index is 14.5. The Morgan fingerprint density at radius 1 is 1.13 bits per heavy atom. The molecule has 1 amide bonds. The highest BCUT2D eigenvalue weighted by molar-refractivity contribution is 6.01. The van der Waals surface area contributed by atoms with E-state index in [1.807, 2.05) is 0 Å². The number of carbonyl (C=O) groups excluding carboxylic acids is 1. The van der Waals surface area contributed by atoms with Gasteiger partial charge in [-0.25, -0.2) is 13.2 Å². The fourth-order valence-corrected chi connectivity index (χ4v) is 3.62. The molecule has 3 rings (SSSR count). The number of hydrogen-bond donors (Lipinski definition) is 3. The van der Waals surface area contributed by atoms with E-state index in [0.29, 0.717) is 12.1 Å². The average molecular weight is 435 g/mol. The van der Waals surface area contributed by atoms with Crippen LogP contribution in [0.4, 0.5) is 24.5 Å². The van der Waals surface area contributed by atoms with Crippen molar-refractivity contribution >= 4 is 17.3 Å². The second-order valence-electron chi connectivity index (χ2n) is 8.16. The van der Waals surface area contributed by atoms with E-state index < -0.39 is 34.6 Å². The third-order valence-corrected chi connectivity index (χ3v) is 5.38. The van der Waals surface area contributed by atoms with Crippen molar-refractivity contribution in [2.24, 2.45) is 0 Å². The van der Waals surface area contributed by atoms with Crippen molar-refractivity contribution < 1.29 is 23.1 Å². The number of anilines is 2. The predicted molar refractivity (Wildman–Crippen MR) is 114 cm³/mol. The third kappa shape index (κ3) is 5.37. The number of rotatable bonds is 9. The number of hydrogen-bond acceptors (Lipinski definition) is 4. The van der Waals surface area contributed by atoms with Crippen LogP contribution in [0.1, 0.15) is 42.1 Å². The highest BCUT2D eigenvalue weighted by atomic mass is 19.2. The summed E-state index contributed by atoms with van der Waals surface area (Å²) in [5.41, 5.74) is -1.02. The Bertz CT molecular complexity index is 946. The summed E-state index contributed by atoms with van der Waals surface area (Å²) < 4.78 is 42.6. The van der Waals surface area contributed by atoms with Crippen LogP contribution in [0.3, 0.4) is 0 Å². The van der Waals surface area contributed by atoms with Gasteiger partial charge in [0.1, 0.15) is 11.4 Å². The van der Waals surface area contributed by atoms with Crippen molar-refractivity contribution in [3.8, 4) is 0 Å². The zero-order chi connectivity index (χ0) is 22.6. The van der Waals surface area contributed by atoms with Crippen LogP contribution in [0.2, 0.25) is 0 Å². The lowest BCUT2D eigenvalue weighted by Crippen LogP contribution is -2.67. The zero-order valence-electron chi connectivity index (χ0n) is 17.8. The van der Waals surface area contributed by atoms with Gasteiger partial charge < -0.3 is 20.6 Å². The minimum Gasteiger partial charge on any atom is -0.385 e. The second kappa shape index (κ2) is 9.70. The third-order valence-electron chi connectivity index (χ3n) is 5.38. The second-order valence-corrected chi connectivity index (χ2v) is 8.16. The molecule has 1 aliphatic rings. The van der Waals surface area contributed by atoms with E-state index in [9.17, 15) is 23.1 Å². The van der Waals surface area contributed by atoms with Gasteiger partial charge in [0.2, 0.25) is 0 Å². The number of aryl methyl sites for hydroxylation is 1. The van der Waals surface area contributed by atoms with Gasteiger partial charge in [-0.15, -0.1) is 0 Å². The number of β-amino-alcohol motifs (C(OH)–C–C–N with tert-alkyl or cyclic N) is 1. The van der Waals surface area contributed by atoms with Crippen LogP contribution < -0.4 is 10.6 Å². The summed E-state index contributed by atoms with van der Waals surface area (Å²) in [6.07, 6.45) is 3.21. The molecule has 1 fully saturated rings. The summed E-state index contributed by atoms with van der Waals surface area (Å²) >= 11 is 0. The topological polar surface area (TPSA) is 64.6 Å². The van der Waals surface area contributed by atoms with Gasteiger partial charge >= 0.3 is 0 Å². The van der Waals surface area contributed by atoms with Crippen molar-refractivity contribution in [1.29, 1.82) is 0 Å². The number of benzene rings is 2. The molecule has 0 aromatic heterocycles. The van der Waals surface area contributed by atoms with Crippen molar-refractivity contribution in [2.45, 2.75) is 38.7 Å². The first-order valence-electron chi connectivity index (χ1n) is 10.5. The number of carbonyl (C=O) groups is 1. The van der Waals surface area contributed by atoms with Gasteiger partial charge in [-0.3, -0.25) is 4.79 Å². The summed E-state index contributed by atoms with van der Waals surface area (Å²) in [4.78, 5) is 14.3. The summed E-state index contributed by atoms with van der Waals surface area (Å²) in [5, 5.41) is 16.2. The maximum atomic E-state index is 14.5. The van der Waals surface area contributed by atoms with Crippen LogP contribution in [-0.4, -0.2) is 47.7 Å². The minimum absolute atomic E-state index is 0.0689. The van der Waals surface area contributed by atoms with E-state index in [1.54, 1.807) is 13.0 Å². The molecule has 31 heavy (non-hydrogen) atoms. The number of likely N-dealkylation sites (tertiary alicyclic amines) is 1. The molecule has 2 aromatic rings. The number of aliphatic hydroxyl groups is 1. The first-order valence-corrected chi connectivity index (χ1v) is 10.5. The van der Waals surface area contributed by atoms with E-state index in [-0.39, 0.29) is 24.3 Å². The lowest BCUT2D eigenvalue weighted by Gasteiger charge is -2.46. The first-order chi connectivity index (χ1) is 14.7. The summed E-state index contributed by atoms with van der Waals surface area (Å²) in [6.45, 7) is 5.08. The Balaban J connectivity index is 1.71. The molecule has 0 saturated carbocycles. The number of halogens is 3. The van der Waals surface area contributed by atoms with Crippen LogP contribution in [0, 0.1) is 24.4 Å². The van der Waals surface area contributed by atoms with Gasteiger partial charge in [0.05, 0.1) is 30.0 Å². The van der Waals surface area contributed by atoms with Gasteiger partial charge in [0, 0.05) is 6.54 Å². The highest BCUT2D eigenvalue weighted by Crippen LogP contribution is 2.31.